The number of hydrogen-bond donors (Lipinski definition) is 3. The van der Waals surface area contributed by atoms with E-state index in [0.29, 0.717) is 28.7 Å². The first-order valence-electron chi connectivity index (χ1n) is 11.2. The van der Waals surface area contributed by atoms with Gasteiger partial charge in [0.25, 0.3) is 0 Å². The molecule has 3 aromatic rings. The first-order valence-corrected chi connectivity index (χ1v) is 11.2. The van der Waals surface area contributed by atoms with Crippen molar-refractivity contribution >= 4 is 17.4 Å². The quantitative estimate of drug-likeness (QED) is 0.508. The van der Waals surface area contributed by atoms with Gasteiger partial charge in [0, 0.05) is 36.5 Å². The fourth-order valence-corrected chi connectivity index (χ4v) is 4.92. The molecule has 10 nitrogen and oxygen atoms in total. The van der Waals surface area contributed by atoms with Crippen molar-refractivity contribution < 1.29 is 19.7 Å². The van der Waals surface area contributed by atoms with Crippen molar-refractivity contribution in [3.63, 3.8) is 0 Å². The normalized spacial score (nSPS) is 21.6. The predicted octanol–water partition coefficient (Wildman–Crippen LogP) is 2.51. The summed E-state index contributed by atoms with van der Waals surface area (Å²) in [6, 6.07) is 7.95. The molecule has 6 rings (SSSR count). The van der Waals surface area contributed by atoms with Gasteiger partial charge in [0.1, 0.15) is 24.2 Å². The van der Waals surface area contributed by atoms with Gasteiger partial charge in [-0.1, -0.05) is 0 Å². The van der Waals surface area contributed by atoms with E-state index in [1.165, 1.54) is 6.20 Å². The number of piperidine rings is 2. The molecule has 2 bridgehead atoms. The van der Waals surface area contributed by atoms with Crippen LogP contribution in [0, 0.1) is 23.2 Å². The van der Waals surface area contributed by atoms with Gasteiger partial charge < -0.3 is 25.2 Å². The van der Waals surface area contributed by atoms with Gasteiger partial charge in [0.2, 0.25) is 0 Å². The molecule has 0 aromatic carbocycles. The van der Waals surface area contributed by atoms with Crippen LogP contribution in [0.2, 0.25) is 0 Å². The van der Waals surface area contributed by atoms with E-state index in [-0.39, 0.29) is 12.6 Å². The van der Waals surface area contributed by atoms with Crippen LogP contribution in [-0.4, -0.2) is 62.2 Å². The second-order valence-corrected chi connectivity index (χ2v) is 9.70. The predicted molar refractivity (Wildman–Crippen MR) is 124 cm³/mol. The molecule has 2 saturated heterocycles. The van der Waals surface area contributed by atoms with Crippen LogP contribution in [0.15, 0.2) is 36.8 Å². The lowest BCUT2D eigenvalue weighted by Gasteiger charge is -2.53. The van der Waals surface area contributed by atoms with E-state index in [4.69, 9.17) is 9.84 Å². The Hall–Kier alpha value is -3.84. The van der Waals surface area contributed by atoms with E-state index in [1.54, 1.807) is 30.8 Å². The molecule has 3 atom stereocenters. The number of carboxylic acid groups (broad SMARTS) is 1. The summed E-state index contributed by atoms with van der Waals surface area (Å²) in [7, 11) is 0. The number of hydrogen-bond acceptors (Lipinski definition) is 7. The Morgan fingerprint density at radius 1 is 1.32 bits per heavy atom. The molecule has 3 aliphatic rings. The smallest absolute Gasteiger partial charge is 0.404 e. The van der Waals surface area contributed by atoms with Crippen molar-refractivity contribution in [3.8, 4) is 22.9 Å². The van der Waals surface area contributed by atoms with Gasteiger partial charge in [-0.3, -0.25) is 0 Å². The second-order valence-electron chi connectivity index (χ2n) is 9.70. The number of ether oxygens (including phenoxy) is 1. The number of rotatable bonds is 6. The highest BCUT2D eigenvalue weighted by Crippen LogP contribution is 2.41. The average Bonchev–Trinajstić information content (AvgIpc) is 3.23. The number of nitrogens with zero attached hydrogens (tertiary/aromatic N) is 5. The number of nitrogens with one attached hydrogen (secondary N) is 1. The third-order valence-corrected chi connectivity index (χ3v) is 6.50. The van der Waals surface area contributed by atoms with E-state index >= 15 is 0 Å². The highest BCUT2D eigenvalue weighted by atomic mass is 16.5. The molecule has 2 aliphatic heterocycles. The first kappa shape index (κ1) is 22.0. The Kier molecular flexibility index (Phi) is 5.29. The van der Waals surface area contributed by atoms with Gasteiger partial charge in [-0.2, -0.15) is 10.4 Å². The largest absolute Gasteiger partial charge is 0.489 e. The maximum absolute atomic E-state index is 11.0. The fraction of sp³-hybridized carbons (Fsp3) is 0.417. The molecule has 1 aliphatic carbocycles. The maximum Gasteiger partial charge on any atom is 0.404 e. The van der Waals surface area contributed by atoms with Crippen molar-refractivity contribution in [2.24, 2.45) is 11.8 Å². The van der Waals surface area contributed by atoms with Crippen molar-refractivity contribution in [3.05, 3.63) is 42.4 Å². The van der Waals surface area contributed by atoms with Crippen LogP contribution >= 0.6 is 0 Å². The number of carbonyl (C=O) groups is 1. The number of aliphatic hydroxyl groups is 1. The number of fused-ring (bicyclic) bond motifs is 3. The molecule has 3 fully saturated rings. The zero-order valence-corrected chi connectivity index (χ0v) is 19.0. The van der Waals surface area contributed by atoms with Gasteiger partial charge in [-0.25, -0.2) is 14.3 Å². The van der Waals surface area contributed by atoms with Crippen LogP contribution in [0.3, 0.4) is 0 Å². The summed E-state index contributed by atoms with van der Waals surface area (Å²) in [4.78, 5) is 17.9. The van der Waals surface area contributed by atoms with E-state index < -0.39 is 11.7 Å². The first-order chi connectivity index (χ1) is 16.2. The summed E-state index contributed by atoms with van der Waals surface area (Å²) >= 11 is 0. The van der Waals surface area contributed by atoms with Crippen LogP contribution < -0.4 is 15.0 Å². The molecule has 1 saturated carbocycles. The van der Waals surface area contributed by atoms with Crippen LogP contribution in [0.25, 0.3) is 16.6 Å². The highest BCUT2D eigenvalue weighted by molar-refractivity contribution is 5.85. The van der Waals surface area contributed by atoms with Gasteiger partial charge in [0.05, 0.1) is 29.1 Å². The number of nitriles is 1. The number of amides is 1. The topological polar surface area (TPSA) is 136 Å². The molecule has 3 N–H and O–H groups in total. The van der Waals surface area contributed by atoms with E-state index in [2.05, 4.69) is 26.4 Å². The average molecular weight is 463 g/mol. The molecular weight excluding hydrogens is 436 g/mol. The van der Waals surface area contributed by atoms with Crippen molar-refractivity contribution in [2.75, 3.05) is 24.6 Å². The summed E-state index contributed by atoms with van der Waals surface area (Å²) in [5.41, 5.74) is 1.69. The lowest BCUT2D eigenvalue weighted by molar-refractivity contribution is 0.0283. The molecule has 5 heterocycles. The summed E-state index contributed by atoms with van der Waals surface area (Å²) in [5, 5.41) is 35.5. The zero-order valence-electron chi connectivity index (χ0n) is 19.0. The third-order valence-electron chi connectivity index (χ3n) is 6.50. The molecule has 1 unspecified atom stereocenters. The summed E-state index contributed by atoms with van der Waals surface area (Å²) in [6.45, 7) is 4.97. The maximum atomic E-state index is 11.0. The van der Waals surface area contributed by atoms with Gasteiger partial charge in [-0.15, -0.1) is 0 Å². The molecule has 176 valence electrons. The molecule has 0 radical (unpaired) electrons. The lowest BCUT2D eigenvalue weighted by Crippen LogP contribution is -2.64. The van der Waals surface area contributed by atoms with Crippen LogP contribution in [-0.2, 0) is 0 Å². The summed E-state index contributed by atoms with van der Waals surface area (Å²) in [6.07, 6.45) is 5.04. The Morgan fingerprint density at radius 3 is 2.71 bits per heavy atom. The Balaban J connectivity index is 1.41. The van der Waals surface area contributed by atoms with Crippen molar-refractivity contribution in [2.45, 2.75) is 31.9 Å². The molecule has 10 heteroatoms. The standard InChI is InChI=1S/C24H26N6O4/c1-24(2,33)13-34-18-6-19(22-17(7-25)9-27-30(22)12-18)14-3-4-20(26-8-14)29-10-15-5-16(11-29)21(15)28-23(31)32/h3-4,6,8-9,12,15-16,21,28,33H,5,10-11,13H2,1-2H3,(H,31,32)/t15-,16+,21?. The van der Waals surface area contributed by atoms with Crippen LogP contribution in [0.4, 0.5) is 10.6 Å². The molecule has 3 aromatic heterocycles. The van der Waals surface area contributed by atoms with Gasteiger partial charge >= 0.3 is 6.09 Å². The molecular formula is C24H26N6O4. The summed E-state index contributed by atoms with van der Waals surface area (Å²) in [5.74, 6) is 1.96. The minimum absolute atomic E-state index is 0.0270. The van der Waals surface area contributed by atoms with Crippen molar-refractivity contribution in [1.82, 2.24) is 19.9 Å². The molecule has 34 heavy (non-hydrogen) atoms. The zero-order chi connectivity index (χ0) is 24.0. The molecule has 1 amide bonds. The fourth-order valence-electron chi connectivity index (χ4n) is 4.92. The van der Waals surface area contributed by atoms with Crippen molar-refractivity contribution in [1.29, 1.82) is 5.26 Å². The lowest BCUT2D eigenvalue weighted by atomic mass is 9.66. The van der Waals surface area contributed by atoms with Crippen LogP contribution in [0.1, 0.15) is 25.8 Å². The minimum atomic E-state index is -0.992. The van der Waals surface area contributed by atoms with E-state index in [0.717, 1.165) is 36.5 Å². The van der Waals surface area contributed by atoms with E-state index in [1.807, 2.05) is 18.2 Å². The minimum Gasteiger partial charge on any atom is -0.489 e. The monoisotopic (exact) mass is 462 g/mol. The summed E-state index contributed by atoms with van der Waals surface area (Å²) < 4.78 is 7.39. The third kappa shape index (κ3) is 4.10. The highest BCUT2D eigenvalue weighted by Gasteiger charge is 2.47. The van der Waals surface area contributed by atoms with E-state index in [9.17, 15) is 15.2 Å². The second kappa shape index (κ2) is 8.18. The van der Waals surface area contributed by atoms with Crippen LogP contribution in [0.5, 0.6) is 5.75 Å². The number of aromatic nitrogens is 3. The Labute approximate surface area is 196 Å². The number of pyridine rings is 2. The number of anilines is 1. The Morgan fingerprint density at radius 2 is 2.09 bits per heavy atom. The van der Waals surface area contributed by atoms with Gasteiger partial charge in [0.15, 0.2) is 0 Å². The molecule has 0 spiro atoms. The Bertz CT molecular complexity index is 1260. The SMILES string of the molecule is CC(C)(O)COc1cc(-c2ccc(N3C[C@H]4C[C@@H](C3)C4NC(=O)O)nc2)c2c(C#N)cnn2c1. The van der Waals surface area contributed by atoms with Gasteiger partial charge in [-0.05, 0) is 50.3 Å².